The summed E-state index contributed by atoms with van der Waals surface area (Å²) in [6.45, 7) is 5.47. The van der Waals surface area contributed by atoms with Crippen molar-refractivity contribution in [3.63, 3.8) is 0 Å². The summed E-state index contributed by atoms with van der Waals surface area (Å²) in [5.74, 6) is 0.345. The van der Waals surface area contributed by atoms with E-state index in [9.17, 15) is 4.79 Å². The molecule has 2 nitrogen and oxygen atoms in total. The normalized spacial score (nSPS) is 11.0. The van der Waals surface area contributed by atoms with Crippen LogP contribution in [0.25, 0.3) is 0 Å². The summed E-state index contributed by atoms with van der Waals surface area (Å²) >= 11 is 0. The average Bonchev–Trinajstić information content (AvgIpc) is 2.04. The highest BCUT2D eigenvalue weighted by molar-refractivity contribution is 5.77. The van der Waals surface area contributed by atoms with Gasteiger partial charge in [-0.25, -0.2) is 0 Å². The molecule has 69 valence electrons. The van der Waals surface area contributed by atoms with E-state index in [1.807, 2.05) is 20.8 Å². The van der Waals surface area contributed by atoms with Crippen LogP contribution in [0.3, 0.4) is 0 Å². The predicted molar refractivity (Wildman–Crippen MR) is 50.4 cm³/mol. The Kier molecular flexibility index (Phi) is 2.71. The topological polar surface area (TPSA) is 26.3 Å². The lowest BCUT2D eigenvalue weighted by atomic mass is 9.97. The van der Waals surface area contributed by atoms with Crippen molar-refractivity contribution < 1.29 is 9.53 Å². The number of esters is 1. The van der Waals surface area contributed by atoms with E-state index < -0.39 is 5.41 Å². The van der Waals surface area contributed by atoms with Gasteiger partial charge in [0.15, 0.2) is 0 Å². The van der Waals surface area contributed by atoms with Crippen LogP contribution in [-0.4, -0.2) is 5.97 Å². The Morgan fingerprint density at radius 3 is 2.31 bits per heavy atom. The predicted octanol–water partition coefficient (Wildman–Crippen LogP) is 2.44. The molecular weight excluding hydrogens is 164 g/mol. The zero-order valence-corrected chi connectivity index (χ0v) is 8.13. The maximum atomic E-state index is 11.4. The van der Waals surface area contributed by atoms with Crippen LogP contribution in [0.2, 0.25) is 0 Å². The first kappa shape index (κ1) is 9.78. The lowest BCUT2D eigenvalue weighted by Crippen LogP contribution is -2.25. The maximum Gasteiger partial charge on any atom is 0.316 e. The van der Waals surface area contributed by atoms with Crippen molar-refractivity contribution in [1.29, 1.82) is 0 Å². The number of ether oxygens (including phenoxy) is 1. The molecule has 0 aliphatic heterocycles. The van der Waals surface area contributed by atoms with Gasteiger partial charge in [0, 0.05) is 0 Å². The zero-order valence-electron chi connectivity index (χ0n) is 8.13. The number of rotatable bonds is 1. The molecule has 1 aromatic carbocycles. The Bertz CT molecular complexity index is 283. The molecule has 0 aromatic heterocycles. The molecule has 0 saturated heterocycles. The number of hydrogen-bond donors (Lipinski definition) is 0. The molecule has 0 amide bonds. The fraction of sp³-hybridized carbons (Fsp3) is 0.364. The summed E-state index contributed by atoms with van der Waals surface area (Å²) in [6.07, 6.45) is 0. The summed E-state index contributed by atoms with van der Waals surface area (Å²) < 4.78 is 5.12. The van der Waals surface area contributed by atoms with Gasteiger partial charge in [-0.3, -0.25) is 4.79 Å². The number of carbonyl (C=O) groups is 1. The SMILES string of the molecule is CC(C)(C)C(=O)Oc1cc[c]cc1. The number of carbonyl (C=O) groups excluding carboxylic acids is 1. The third-order valence-corrected chi connectivity index (χ3v) is 1.51. The van der Waals surface area contributed by atoms with Crippen LogP contribution < -0.4 is 4.74 Å². The molecule has 0 bridgehead atoms. The summed E-state index contributed by atoms with van der Waals surface area (Å²) in [4.78, 5) is 11.4. The first-order valence-corrected chi connectivity index (χ1v) is 4.18. The van der Waals surface area contributed by atoms with Gasteiger partial charge in [0.05, 0.1) is 5.41 Å². The van der Waals surface area contributed by atoms with E-state index in [1.165, 1.54) is 0 Å². The molecule has 1 radical (unpaired) electrons. The minimum atomic E-state index is -0.459. The Balaban J connectivity index is 2.66. The van der Waals surface area contributed by atoms with Gasteiger partial charge in [0.25, 0.3) is 0 Å². The molecule has 0 atom stereocenters. The molecule has 0 N–H and O–H groups in total. The van der Waals surface area contributed by atoms with Crippen LogP contribution in [0.15, 0.2) is 24.3 Å². The van der Waals surface area contributed by atoms with Crippen LogP contribution in [0, 0.1) is 11.5 Å². The second kappa shape index (κ2) is 3.60. The van der Waals surface area contributed by atoms with Gasteiger partial charge < -0.3 is 4.74 Å². The lowest BCUT2D eigenvalue weighted by molar-refractivity contribution is -0.142. The molecule has 0 unspecified atom stereocenters. The molecule has 13 heavy (non-hydrogen) atoms. The molecule has 2 heteroatoms. The summed E-state index contributed by atoms with van der Waals surface area (Å²) in [5.41, 5.74) is -0.459. The van der Waals surface area contributed by atoms with Crippen LogP contribution in [0.4, 0.5) is 0 Å². The van der Waals surface area contributed by atoms with Crippen molar-refractivity contribution >= 4 is 5.97 Å². The van der Waals surface area contributed by atoms with E-state index in [1.54, 1.807) is 24.3 Å². The fourth-order valence-electron chi connectivity index (χ4n) is 0.700. The van der Waals surface area contributed by atoms with Gasteiger partial charge in [-0.2, -0.15) is 0 Å². The van der Waals surface area contributed by atoms with Gasteiger partial charge >= 0.3 is 5.97 Å². The quantitative estimate of drug-likeness (QED) is 0.486. The van der Waals surface area contributed by atoms with Crippen molar-refractivity contribution in [2.24, 2.45) is 5.41 Å². The van der Waals surface area contributed by atoms with Crippen LogP contribution in [0.1, 0.15) is 20.8 Å². The van der Waals surface area contributed by atoms with Crippen molar-refractivity contribution in [2.75, 3.05) is 0 Å². The summed E-state index contributed by atoms with van der Waals surface area (Å²) in [7, 11) is 0. The molecule has 1 rings (SSSR count). The highest BCUT2D eigenvalue weighted by atomic mass is 16.5. The first-order chi connectivity index (χ1) is 6.00. The minimum absolute atomic E-state index is 0.223. The molecule has 0 saturated carbocycles. The van der Waals surface area contributed by atoms with Crippen LogP contribution >= 0.6 is 0 Å². The smallest absolute Gasteiger partial charge is 0.316 e. The van der Waals surface area contributed by atoms with E-state index >= 15 is 0 Å². The maximum absolute atomic E-state index is 11.4. The van der Waals surface area contributed by atoms with Crippen LogP contribution in [-0.2, 0) is 4.79 Å². The minimum Gasteiger partial charge on any atom is -0.426 e. The van der Waals surface area contributed by atoms with E-state index in [0.717, 1.165) is 0 Å². The largest absolute Gasteiger partial charge is 0.426 e. The lowest BCUT2D eigenvalue weighted by Gasteiger charge is -2.15. The molecule has 1 aromatic rings. The third-order valence-electron chi connectivity index (χ3n) is 1.51. The summed E-state index contributed by atoms with van der Waals surface area (Å²) in [6, 6.07) is 9.70. The van der Waals surface area contributed by atoms with Gasteiger partial charge in [-0.05, 0) is 39.0 Å². The fourth-order valence-corrected chi connectivity index (χ4v) is 0.700. The monoisotopic (exact) mass is 177 g/mol. The van der Waals surface area contributed by atoms with E-state index in [2.05, 4.69) is 6.07 Å². The van der Waals surface area contributed by atoms with Gasteiger partial charge in [-0.1, -0.05) is 12.1 Å². The molecule has 0 fully saturated rings. The average molecular weight is 177 g/mol. The number of benzene rings is 1. The van der Waals surface area contributed by atoms with Crippen LogP contribution in [0.5, 0.6) is 5.75 Å². The number of hydrogen-bond acceptors (Lipinski definition) is 2. The van der Waals surface area contributed by atoms with Gasteiger partial charge in [0.1, 0.15) is 5.75 Å². The van der Waals surface area contributed by atoms with E-state index in [4.69, 9.17) is 4.74 Å². The van der Waals surface area contributed by atoms with E-state index in [-0.39, 0.29) is 5.97 Å². The molecule has 0 spiro atoms. The van der Waals surface area contributed by atoms with Crippen molar-refractivity contribution in [2.45, 2.75) is 20.8 Å². The van der Waals surface area contributed by atoms with Gasteiger partial charge in [-0.15, -0.1) is 0 Å². The zero-order chi connectivity index (χ0) is 9.90. The standard InChI is InChI=1S/C11H13O2/c1-11(2,3)10(12)13-9-7-5-4-6-8-9/h5-8H,1-3H3. The summed E-state index contributed by atoms with van der Waals surface area (Å²) in [5, 5.41) is 0. The first-order valence-electron chi connectivity index (χ1n) is 4.18. The third kappa shape index (κ3) is 2.90. The van der Waals surface area contributed by atoms with Gasteiger partial charge in [0.2, 0.25) is 0 Å². The molecule has 0 aliphatic carbocycles. The molecular formula is C11H13O2. The van der Waals surface area contributed by atoms with Crippen molar-refractivity contribution in [3.05, 3.63) is 30.3 Å². The van der Waals surface area contributed by atoms with Crippen molar-refractivity contribution in [1.82, 2.24) is 0 Å². The molecule has 0 aliphatic rings. The highest BCUT2D eigenvalue weighted by Gasteiger charge is 2.23. The second-order valence-electron chi connectivity index (χ2n) is 3.88. The highest BCUT2D eigenvalue weighted by Crippen LogP contribution is 2.18. The Morgan fingerprint density at radius 1 is 1.31 bits per heavy atom. The Hall–Kier alpha value is -1.31. The Morgan fingerprint density at radius 2 is 1.85 bits per heavy atom. The Labute approximate surface area is 78.5 Å². The second-order valence-corrected chi connectivity index (χ2v) is 3.88. The molecule has 0 heterocycles. The van der Waals surface area contributed by atoms with Crippen molar-refractivity contribution in [3.8, 4) is 5.75 Å². The van der Waals surface area contributed by atoms with E-state index in [0.29, 0.717) is 5.75 Å².